The predicted octanol–water partition coefficient (Wildman–Crippen LogP) is 1.57. The maximum atomic E-state index is 12.1. The Bertz CT molecular complexity index is 254. The number of nitriles is 1. The molecule has 1 saturated carbocycles. The lowest BCUT2D eigenvalue weighted by atomic mass is 10.1. The summed E-state index contributed by atoms with van der Waals surface area (Å²) in [4.78, 5) is 13.9. The molecule has 0 unspecified atom stereocenters. The first-order valence-electron chi connectivity index (χ1n) is 5.94. The first-order valence-corrected chi connectivity index (χ1v) is 5.94. The molecule has 0 atom stereocenters. The second-order valence-electron chi connectivity index (χ2n) is 4.21. The molecule has 0 aromatic rings. The molecule has 1 rings (SSSR count). The minimum Gasteiger partial charge on any atom is -0.383 e. The third-order valence-corrected chi connectivity index (χ3v) is 3.07. The Labute approximate surface area is 97.2 Å². The Balaban J connectivity index is 2.45. The van der Waals surface area contributed by atoms with Crippen LogP contribution >= 0.6 is 0 Å². The Morgan fingerprint density at radius 3 is 2.69 bits per heavy atom. The Morgan fingerprint density at radius 1 is 1.44 bits per heavy atom. The summed E-state index contributed by atoms with van der Waals surface area (Å²) < 4.78 is 4.99. The van der Waals surface area contributed by atoms with Crippen LogP contribution in [-0.2, 0) is 9.53 Å². The fraction of sp³-hybridized carbons (Fsp3) is 0.833. The van der Waals surface area contributed by atoms with E-state index in [9.17, 15) is 4.79 Å². The van der Waals surface area contributed by atoms with Crippen LogP contribution in [0.25, 0.3) is 0 Å². The first-order chi connectivity index (χ1) is 7.79. The van der Waals surface area contributed by atoms with Crippen LogP contribution in [0.1, 0.15) is 32.1 Å². The van der Waals surface area contributed by atoms with Gasteiger partial charge in [-0.3, -0.25) is 4.79 Å². The predicted molar refractivity (Wildman–Crippen MR) is 60.6 cm³/mol. The molecule has 0 N–H and O–H groups in total. The van der Waals surface area contributed by atoms with E-state index in [4.69, 9.17) is 10.00 Å². The fourth-order valence-corrected chi connectivity index (χ4v) is 2.15. The van der Waals surface area contributed by atoms with E-state index < -0.39 is 0 Å². The van der Waals surface area contributed by atoms with Gasteiger partial charge in [0, 0.05) is 26.1 Å². The van der Waals surface area contributed by atoms with Crippen LogP contribution < -0.4 is 0 Å². The summed E-state index contributed by atoms with van der Waals surface area (Å²) in [5.41, 5.74) is 0. The van der Waals surface area contributed by atoms with Gasteiger partial charge in [0.1, 0.15) is 0 Å². The van der Waals surface area contributed by atoms with E-state index in [1.165, 1.54) is 0 Å². The first kappa shape index (κ1) is 13.0. The average molecular weight is 224 g/mol. The van der Waals surface area contributed by atoms with Crippen LogP contribution in [0.15, 0.2) is 0 Å². The molecule has 0 aromatic carbocycles. The van der Waals surface area contributed by atoms with Crippen LogP contribution in [-0.4, -0.2) is 37.6 Å². The van der Waals surface area contributed by atoms with Gasteiger partial charge in [-0.25, -0.2) is 0 Å². The molecule has 1 amide bonds. The second kappa shape index (κ2) is 7.24. The van der Waals surface area contributed by atoms with Crippen molar-refractivity contribution in [3.63, 3.8) is 0 Å². The molecule has 0 heterocycles. The number of hydrogen-bond acceptors (Lipinski definition) is 3. The van der Waals surface area contributed by atoms with E-state index in [1.54, 1.807) is 12.0 Å². The van der Waals surface area contributed by atoms with E-state index in [-0.39, 0.29) is 11.8 Å². The van der Waals surface area contributed by atoms with Crippen molar-refractivity contribution in [1.82, 2.24) is 4.90 Å². The van der Waals surface area contributed by atoms with Crippen molar-refractivity contribution in [2.24, 2.45) is 5.92 Å². The summed E-state index contributed by atoms with van der Waals surface area (Å²) in [5.74, 6) is 0.403. The highest BCUT2D eigenvalue weighted by atomic mass is 16.5. The van der Waals surface area contributed by atoms with E-state index in [2.05, 4.69) is 6.07 Å². The number of hydrogen-bond donors (Lipinski definition) is 0. The van der Waals surface area contributed by atoms with Crippen molar-refractivity contribution in [3.8, 4) is 6.07 Å². The largest absolute Gasteiger partial charge is 0.383 e. The lowest BCUT2D eigenvalue weighted by Gasteiger charge is -2.24. The molecule has 0 saturated heterocycles. The zero-order chi connectivity index (χ0) is 11.8. The molecular formula is C12H20N2O2. The smallest absolute Gasteiger partial charge is 0.225 e. The van der Waals surface area contributed by atoms with E-state index in [1.807, 2.05) is 0 Å². The minimum atomic E-state index is 0.190. The van der Waals surface area contributed by atoms with E-state index in [0.717, 1.165) is 25.7 Å². The Morgan fingerprint density at radius 2 is 2.12 bits per heavy atom. The molecule has 1 fully saturated rings. The van der Waals surface area contributed by atoms with Gasteiger partial charge in [-0.1, -0.05) is 12.8 Å². The van der Waals surface area contributed by atoms with Gasteiger partial charge >= 0.3 is 0 Å². The number of carbonyl (C=O) groups excluding carboxylic acids is 1. The fourth-order valence-electron chi connectivity index (χ4n) is 2.15. The van der Waals surface area contributed by atoms with E-state index in [0.29, 0.717) is 26.1 Å². The van der Waals surface area contributed by atoms with Gasteiger partial charge in [-0.15, -0.1) is 0 Å². The zero-order valence-electron chi connectivity index (χ0n) is 9.95. The highest BCUT2D eigenvalue weighted by Gasteiger charge is 2.26. The molecule has 0 aromatic heterocycles. The summed E-state index contributed by atoms with van der Waals surface area (Å²) >= 11 is 0. The molecule has 16 heavy (non-hydrogen) atoms. The molecule has 4 nitrogen and oxygen atoms in total. The van der Waals surface area contributed by atoms with Gasteiger partial charge < -0.3 is 9.64 Å². The monoisotopic (exact) mass is 224 g/mol. The number of amides is 1. The van der Waals surface area contributed by atoms with Crippen molar-refractivity contribution >= 4 is 5.91 Å². The summed E-state index contributed by atoms with van der Waals surface area (Å²) in [7, 11) is 1.63. The van der Waals surface area contributed by atoms with Crippen molar-refractivity contribution in [2.75, 3.05) is 26.8 Å². The third kappa shape index (κ3) is 3.82. The zero-order valence-corrected chi connectivity index (χ0v) is 9.95. The summed E-state index contributed by atoms with van der Waals surface area (Å²) in [5, 5.41) is 8.57. The number of carbonyl (C=O) groups is 1. The molecule has 0 spiro atoms. The van der Waals surface area contributed by atoms with Gasteiger partial charge in [0.05, 0.1) is 19.1 Å². The lowest BCUT2D eigenvalue weighted by molar-refractivity contribution is -0.135. The molecule has 4 heteroatoms. The topological polar surface area (TPSA) is 53.3 Å². The highest BCUT2D eigenvalue weighted by molar-refractivity contribution is 5.79. The maximum Gasteiger partial charge on any atom is 0.225 e. The highest BCUT2D eigenvalue weighted by Crippen LogP contribution is 2.26. The van der Waals surface area contributed by atoms with Gasteiger partial charge in [0.25, 0.3) is 0 Å². The van der Waals surface area contributed by atoms with Gasteiger partial charge in [0.15, 0.2) is 0 Å². The van der Waals surface area contributed by atoms with E-state index >= 15 is 0 Å². The molecule has 0 bridgehead atoms. The summed E-state index contributed by atoms with van der Waals surface area (Å²) in [6.07, 6.45) is 4.74. The normalized spacial score (nSPS) is 16.0. The number of nitrogens with zero attached hydrogens (tertiary/aromatic N) is 2. The molecular weight excluding hydrogens is 204 g/mol. The summed E-state index contributed by atoms with van der Waals surface area (Å²) in [6, 6.07) is 2.09. The molecule has 0 radical (unpaired) electrons. The van der Waals surface area contributed by atoms with Crippen molar-refractivity contribution in [1.29, 1.82) is 5.26 Å². The number of methoxy groups -OCH3 is 1. The van der Waals surface area contributed by atoms with Gasteiger partial charge in [-0.05, 0) is 12.8 Å². The molecule has 90 valence electrons. The Hall–Kier alpha value is -1.08. The van der Waals surface area contributed by atoms with Crippen LogP contribution in [0.2, 0.25) is 0 Å². The van der Waals surface area contributed by atoms with Crippen LogP contribution in [0.3, 0.4) is 0 Å². The summed E-state index contributed by atoms with van der Waals surface area (Å²) in [6.45, 7) is 1.69. The van der Waals surface area contributed by atoms with Crippen molar-refractivity contribution in [3.05, 3.63) is 0 Å². The third-order valence-electron chi connectivity index (χ3n) is 3.07. The second-order valence-corrected chi connectivity index (χ2v) is 4.21. The van der Waals surface area contributed by atoms with Crippen LogP contribution in [0, 0.1) is 17.2 Å². The molecule has 0 aliphatic heterocycles. The maximum absolute atomic E-state index is 12.1. The SMILES string of the molecule is COCCN(CCC#N)C(=O)C1CCCC1. The number of rotatable bonds is 6. The van der Waals surface area contributed by atoms with Crippen molar-refractivity contribution < 1.29 is 9.53 Å². The van der Waals surface area contributed by atoms with Crippen LogP contribution in [0.5, 0.6) is 0 Å². The lowest BCUT2D eigenvalue weighted by Crippen LogP contribution is -2.38. The van der Waals surface area contributed by atoms with Gasteiger partial charge in [0.2, 0.25) is 5.91 Å². The minimum absolute atomic E-state index is 0.190. The van der Waals surface area contributed by atoms with Crippen LogP contribution in [0.4, 0.5) is 0 Å². The number of ether oxygens (including phenoxy) is 1. The quantitative estimate of drug-likeness (QED) is 0.688. The molecule has 1 aliphatic rings. The molecule has 1 aliphatic carbocycles. The standard InChI is InChI=1S/C12H20N2O2/c1-16-10-9-14(8-4-7-13)12(15)11-5-2-3-6-11/h11H,2-6,8-10H2,1H3. The van der Waals surface area contributed by atoms with Gasteiger partial charge in [-0.2, -0.15) is 5.26 Å². The average Bonchev–Trinajstić information content (AvgIpc) is 2.82. The Kier molecular flexibility index (Phi) is 5.87. The van der Waals surface area contributed by atoms with Crippen molar-refractivity contribution in [2.45, 2.75) is 32.1 Å².